The second kappa shape index (κ2) is 7.17. The van der Waals surface area contributed by atoms with Crippen LogP contribution in [0.3, 0.4) is 0 Å². The van der Waals surface area contributed by atoms with Gasteiger partial charge in [-0.15, -0.1) is 0 Å². The molecule has 152 valence electrons. The Bertz CT molecular complexity index is 991. The Hall–Kier alpha value is -3.47. The van der Waals surface area contributed by atoms with Gasteiger partial charge in [0, 0.05) is 23.3 Å². The molecule has 0 aliphatic carbocycles. The number of carbonyl (C=O) groups is 1. The number of amides is 1. The number of methoxy groups -OCH3 is 1. The second-order valence-electron chi connectivity index (χ2n) is 6.19. The molecule has 1 atom stereocenters. The monoisotopic (exact) mass is 409 g/mol. The maximum Gasteiger partial charge on any atom is 0.438 e. The molecule has 0 aromatic heterocycles. The highest BCUT2D eigenvalue weighted by molar-refractivity contribution is 6.05. The van der Waals surface area contributed by atoms with Crippen molar-refractivity contribution < 1.29 is 32.7 Å². The first-order valence-corrected chi connectivity index (χ1v) is 8.17. The standard InChI is InChI=1S/C18H14F3N3O5/c1-29-14-4-2-3-12(9-14)15-10-17(26,18(19,20)21)23(22-15)16(25)11-5-7-13(8-6-11)24(27)28/h2-9,26H,10H2,1H3/t17-/m1/s1. The van der Waals surface area contributed by atoms with Gasteiger partial charge in [0.1, 0.15) is 5.75 Å². The Morgan fingerprint density at radius 3 is 2.48 bits per heavy atom. The van der Waals surface area contributed by atoms with Crippen LogP contribution in [0.2, 0.25) is 0 Å². The molecule has 1 aliphatic rings. The number of non-ortho nitro benzene ring substituents is 1. The van der Waals surface area contributed by atoms with Gasteiger partial charge in [-0.2, -0.15) is 23.3 Å². The molecule has 2 aromatic rings. The first-order valence-electron chi connectivity index (χ1n) is 8.17. The summed E-state index contributed by atoms with van der Waals surface area (Å²) in [6.45, 7) is 0. The van der Waals surface area contributed by atoms with E-state index >= 15 is 0 Å². The molecule has 1 amide bonds. The van der Waals surface area contributed by atoms with Crippen LogP contribution in [-0.4, -0.2) is 45.7 Å². The van der Waals surface area contributed by atoms with Crippen molar-refractivity contribution in [2.24, 2.45) is 5.10 Å². The van der Waals surface area contributed by atoms with Crippen LogP contribution in [0.25, 0.3) is 0 Å². The highest BCUT2D eigenvalue weighted by Crippen LogP contribution is 2.42. The topological polar surface area (TPSA) is 105 Å². The number of aliphatic hydroxyl groups is 1. The fraction of sp³-hybridized carbons (Fsp3) is 0.222. The summed E-state index contributed by atoms with van der Waals surface area (Å²) in [5, 5.41) is 24.8. The van der Waals surface area contributed by atoms with E-state index in [0.717, 1.165) is 24.3 Å². The van der Waals surface area contributed by atoms with E-state index < -0.39 is 29.2 Å². The third-order valence-corrected chi connectivity index (χ3v) is 4.36. The van der Waals surface area contributed by atoms with E-state index in [2.05, 4.69) is 5.10 Å². The Morgan fingerprint density at radius 1 is 1.28 bits per heavy atom. The third-order valence-electron chi connectivity index (χ3n) is 4.36. The number of nitro benzene ring substituents is 1. The fourth-order valence-corrected chi connectivity index (χ4v) is 2.79. The molecule has 0 bridgehead atoms. The lowest BCUT2D eigenvalue weighted by molar-refractivity contribution is -0.384. The van der Waals surface area contributed by atoms with Crippen LogP contribution in [0.4, 0.5) is 18.9 Å². The van der Waals surface area contributed by atoms with Gasteiger partial charge in [-0.05, 0) is 24.3 Å². The van der Waals surface area contributed by atoms with Crippen LogP contribution in [-0.2, 0) is 0 Å². The average Bonchev–Trinajstić information content (AvgIpc) is 3.06. The molecule has 0 fully saturated rings. The smallest absolute Gasteiger partial charge is 0.438 e. The van der Waals surface area contributed by atoms with E-state index in [4.69, 9.17) is 4.74 Å². The Labute approximate surface area is 162 Å². The van der Waals surface area contributed by atoms with E-state index in [9.17, 15) is 33.2 Å². The molecule has 3 rings (SSSR count). The number of nitro groups is 1. The Balaban J connectivity index is 2.02. The highest BCUT2D eigenvalue weighted by atomic mass is 19.4. The predicted octanol–water partition coefficient (Wildman–Crippen LogP) is 3.10. The first-order chi connectivity index (χ1) is 13.6. The van der Waals surface area contributed by atoms with Gasteiger partial charge in [-0.1, -0.05) is 12.1 Å². The van der Waals surface area contributed by atoms with E-state index in [1.807, 2.05) is 0 Å². The minimum atomic E-state index is -5.20. The largest absolute Gasteiger partial charge is 0.497 e. The molecule has 8 nitrogen and oxygen atoms in total. The number of rotatable bonds is 4. The lowest BCUT2D eigenvalue weighted by atomic mass is 10.0. The van der Waals surface area contributed by atoms with Gasteiger partial charge in [-0.25, -0.2) is 0 Å². The molecule has 29 heavy (non-hydrogen) atoms. The SMILES string of the molecule is COc1cccc(C2=NN(C(=O)c3ccc([N+](=O)[O-])cc3)[C@](O)(C(F)(F)F)C2)c1. The van der Waals surface area contributed by atoms with Gasteiger partial charge in [0.15, 0.2) is 0 Å². The van der Waals surface area contributed by atoms with Gasteiger partial charge in [0.05, 0.1) is 24.2 Å². The van der Waals surface area contributed by atoms with Crippen LogP contribution >= 0.6 is 0 Å². The summed E-state index contributed by atoms with van der Waals surface area (Å²) in [4.78, 5) is 22.7. The lowest BCUT2D eigenvalue weighted by Crippen LogP contribution is -2.56. The number of halogens is 3. The Morgan fingerprint density at radius 2 is 1.93 bits per heavy atom. The van der Waals surface area contributed by atoms with E-state index in [1.54, 1.807) is 6.07 Å². The molecule has 0 saturated heterocycles. The zero-order valence-corrected chi connectivity index (χ0v) is 14.9. The van der Waals surface area contributed by atoms with Gasteiger partial charge in [-0.3, -0.25) is 14.9 Å². The summed E-state index contributed by atoms with van der Waals surface area (Å²) >= 11 is 0. The van der Waals surface area contributed by atoms with Gasteiger partial charge in [0.2, 0.25) is 0 Å². The number of nitrogens with zero attached hydrogens (tertiary/aromatic N) is 3. The summed E-state index contributed by atoms with van der Waals surface area (Å²) in [5.41, 5.74) is -4.13. The molecule has 11 heteroatoms. The zero-order chi connectivity index (χ0) is 21.4. The van der Waals surface area contributed by atoms with E-state index in [0.29, 0.717) is 5.75 Å². The van der Waals surface area contributed by atoms with Gasteiger partial charge >= 0.3 is 6.18 Å². The summed E-state index contributed by atoms with van der Waals surface area (Å²) in [6.07, 6.45) is -6.18. The molecule has 0 saturated carbocycles. The first kappa shape index (κ1) is 20.3. The number of benzene rings is 2. The normalized spacial score (nSPS) is 19.1. The maximum atomic E-state index is 13.6. The van der Waals surface area contributed by atoms with Crippen LogP contribution in [0.1, 0.15) is 22.3 Å². The van der Waals surface area contributed by atoms with Crippen molar-refractivity contribution in [3.8, 4) is 5.75 Å². The van der Waals surface area contributed by atoms with Crippen molar-refractivity contribution in [1.29, 1.82) is 0 Å². The van der Waals surface area contributed by atoms with E-state index in [-0.39, 0.29) is 27.5 Å². The summed E-state index contributed by atoms with van der Waals surface area (Å²) < 4.78 is 46.0. The quantitative estimate of drug-likeness (QED) is 0.617. The van der Waals surface area contributed by atoms with Crippen LogP contribution in [0, 0.1) is 10.1 Å². The van der Waals surface area contributed by atoms with Gasteiger partial charge in [0.25, 0.3) is 17.3 Å². The summed E-state index contributed by atoms with van der Waals surface area (Å²) in [5.74, 6) is -0.890. The maximum absolute atomic E-state index is 13.6. The number of hydrogen-bond donors (Lipinski definition) is 1. The Kier molecular flexibility index (Phi) is 5.01. The molecule has 0 spiro atoms. The van der Waals surface area contributed by atoms with Crippen molar-refractivity contribution >= 4 is 17.3 Å². The van der Waals surface area contributed by atoms with Crippen LogP contribution in [0.5, 0.6) is 5.75 Å². The molecule has 2 aromatic carbocycles. The highest BCUT2D eigenvalue weighted by Gasteiger charge is 2.63. The summed E-state index contributed by atoms with van der Waals surface area (Å²) in [7, 11) is 1.38. The molecule has 1 heterocycles. The van der Waals surface area contributed by atoms with E-state index in [1.165, 1.54) is 25.3 Å². The predicted molar refractivity (Wildman–Crippen MR) is 94.4 cm³/mol. The van der Waals surface area contributed by atoms with Gasteiger partial charge < -0.3 is 9.84 Å². The van der Waals surface area contributed by atoms with Crippen LogP contribution < -0.4 is 4.74 Å². The number of carbonyl (C=O) groups excluding carboxylic acids is 1. The minimum Gasteiger partial charge on any atom is -0.497 e. The number of alkyl halides is 3. The summed E-state index contributed by atoms with van der Waals surface area (Å²) in [6, 6.07) is 9.95. The minimum absolute atomic E-state index is 0.0387. The van der Waals surface area contributed by atoms with Crippen LogP contribution in [0.15, 0.2) is 53.6 Å². The zero-order valence-electron chi connectivity index (χ0n) is 14.9. The molecule has 1 aliphatic heterocycles. The van der Waals surface area contributed by atoms with Crippen molar-refractivity contribution in [2.75, 3.05) is 7.11 Å². The second-order valence-corrected chi connectivity index (χ2v) is 6.19. The molecule has 0 radical (unpaired) electrons. The van der Waals surface area contributed by atoms with Crippen molar-refractivity contribution in [1.82, 2.24) is 5.01 Å². The molecule has 1 N–H and O–H groups in total. The van der Waals surface area contributed by atoms with Crippen molar-refractivity contribution in [2.45, 2.75) is 18.3 Å². The molecule has 0 unspecified atom stereocenters. The van der Waals surface area contributed by atoms with Crippen molar-refractivity contribution in [3.05, 3.63) is 69.8 Å². The molecular weight excluding hydrogens is 395 g/mol. The number of ether oxygens (including phenoxy) is 1. The molecular formula is C18H14F3N3O5. The number of hydrogen-bond acceptors (Lipinski definition) is 6. The van der Waals surface area contributed by atoms with Crippen molar-refractivity contribution in [3.63, 3.8) is 0 Å². The fourth-order valence-electron chi connectivity index (χ4n) is 2.79. The average molecular weight is 409 g/mol. The lowest BCUT2D eigenvalue weighted by Gasteiger charge is -2.32. The third kappa shape index (κ3) is 3.63. The number of hydrazone groups is 1.